The maximum atomic E-state index is 13.8. The number of H-pyrrole nitrogens is 1. The molecule has 3 aromatic rings. The summed E-state index contributed by atoms with van der Waals surface area (Å²) in [7, 11) is 0. The summed E-state index contributed by atoms with van der Waals surface area (Å²) in [5.41, 5.74) is 3.47. The van der Waals surface area contributed by atoms with E-state index in [2.05, 4.69) is 10.3 Å². The van der Waals surface area contributed by atoms with E-state index < -0.39 is 17.9 Å². The van der Waals surface area contributed by atoms with E-state index in [1.807, 2.05) is 18.2 Å². The van der Waals surface area contributed by atoms with Crippen molar-refractivity contribution < 1.29 is 27.1 Å². The van der Waals surface area contributed by atoms with E-state index in [0.29, 0.717) is 29.7 Å². The number of benzene rings is 2. The third kappa shape index (κ3) is 4.94. The number of fused-ring (bicyclic) bond motifs is 3. The second-order valence-corrected chi connectivity index (χ2v) is 10.8. The van der Waals surface area contributed by atoms with Gasteiger partial charge in [0, 0.05) is 35.4 Å². The summed E-state index contributed by atoms with van der Waals surface area (Å²) >= 11 is 0. The van der Waals surface area contributed by atoms with Crippen molar-refractivity contribution in [2.45, 2.75) is 88.2 Å². The standard InChI is InChI=1S/C29H30F4N2O2/c30-24-14-26(24)34-27(36)12-18-6-9-21-22-13-19(7-10-25(22)35-28(18)21)37-15-16-5-8-20(17-3-1-2-4-17)23(11-16)29(31,32)33/h5,7-8,10-11,13,17-18,24,26,35H,1-4,6,9,12,14-15H2,(H,34,36)/t18-,24?,26?/m1/s1. The second kappa shape index (κ2) is 9.37. The van der Waals surface area contributed by atoms with E-state index in [0.717, 1.165) is 60.7 Å². The molecule has 1 aromatic heterocycles. The van der Waals surface area contributed by atoms with Crippen LogP contribution in [0.25, 0.3) is 10.9 Å². The first kappa shape index (κ1) is 24.3. The van der Waals surface area contributed by atoms with E-state index >= 15 is 0 Å². The normalized spacial score (nSPS) is 23.4. The Balaban J connectivity index is 1.16. The molecule has 3 aliphatic rings. The molecule has 37 heavy (non-hydrogen) atoms. The van der Waals surface area contributed by atoms with E-state index in [-0.39, 0.29) is 30.4 Å². The Morgan fingerprint density at radius 1 is 1.08 bits per heavy atom. The molecule has 196 valence electrons. The molecule has 0 spiro atoms. The van der Waals surface area contributed by atoms with Crippen molar-refractivity contribution in [3.05, 3.63) is 64.3 Å². The SMILES string of the molecule is O=C(C[C@H]1CCc2c1[nH]c1ccc(OCc3ccc(C4CCCC4)c(C(F)(F)F)c3)cc21)NC1CC1F. The van der Waals surface area contributed by atoms with Gasteiger partial charge in [-0.1, -0.05) is 25.0 Å². The minimum Gasteiger partial charge on any atom is -0.489 e. The third-order valence-electron chi connectivity index (χ3n) is 8.18. The van der Waals surface area contributed by atoms with Gasteiger partial charge in [0.05, 0.1) is 11.6 Å². The number of ether oxygens (including phenoxy) is 1. The molecular formula is C29H30F4N2O2. The Hall–Kier alpha value is -3.03. The van der Waals surface area contributed by atoms with Gasteiger partial charge in [-0.2, -0.15) is 13.2 Å². The number of aromatic amines is 1. The van der Waals surface area contributed by atoms with Crippen LogP contribution in [0.2, 0.25) is 0 Å². The van der Waals surface area contributed by atoms with Gasteiger partial charge >= 0.3 is 6.18 Å². The molecule has 0 radical (unpaired) electrons. The van der Waals surface area contributed by atoms with Crippen molar-refractivity contribution >= 4 is 16.8 Å². The average molecular weight is 515 g/mol. The van der Waals surface area contributed by atoms with Crippen LogP contribution in [0.15, 0.2) is 36.4 Å². The molecule has 0 bridgehead atoms. The Kier molecular flexibility index (Phi) is 6.16. The van der Waals surface area contributed by atoms with Gasteiger partial charge in [-0.15, -0.1) is 0 Å². The van der Waals surface area contributed by atoms with Crippen molar-refractivity contribution in [2.24, 2.45) is 0 Å². The van der Waals surface area contributed by atoms with Gasteiger partial charge in [-0.3, -0.25) is 4.79 Å². The molecule has 3 aliphatic carbocycles. The largest absolute Gasteiger partial charge is 0.489 e. The summed E-state index contributed by atoms with van der Waals surface area (Å²) < 4.78 is 60.5. The lowest BCUT2D eigenvalue weighted by Gasteiger charge is -2.19. The Morgan fingerprint density at radius 3 is 2.59 bits per heavy atom. The number of carbonyl (C=O) groups is 1. The lowest BCUT2D eigenvalue weighted by molar-refractivity contribution is -0.138. The van der Waals surface area contributed by atoms with Gasteiger partial charge in [0.1, 0.15) is 18.5 Å². The molecule has 2 aromatic carbocycles. The highest BCUT2D eigenvalue weighted by Gasteiger charge is 2.39. The molecular weight excluding hydrogens is 484 g/mol. The molecule has 1 amide bonds. The lowest BCUT2D eigenvalue weighted by atomic mass is 9.91. The maximum Gasteiger partial charge on any atom is 0.416 e. The smallest absolute Gasteiger partial charge is 0.416 e. The number of hydrogen-bond donors (Lipinski definition) is 2. The molecule has 1 heterocycles. The van der Waals surface area contributed by atoms with Crippen molar-refractivity contribution in [3.63, 3.8) is 0 Å². The third-order valence-corrected chi connectivity index (χ3v) is 8.18. The predicted molar refractivity (Wildman–Crippen MR) is 132 cm³/mol. The molecule has 3 atom stereocenters. The molecule has 2 unspecified atom stereocenters. The maximum absolute atomic E-state index is 13.8. The number of alkyl halides is 4. The topological polar surface area (TPSA) is 54.1 Å². The number of amides is 1. The van der Waals surface area contributed by atoms with Crippen LogP contribution in [0.3, 0.4) is 0 Å². The number of aromatic nitrogens is 1. The molecule has 8 heteroatoms. The Bertz CT molecular complexity index is 1330. The summed E-state index contributed by atoms with van der Waals surface area (Å²) in [6.07, 6.45) is 0.657. The van der Waals surface area contributed by atoms with E-state index in [1.54, 1.807) is 12.1 Å². The van der Waals surface area contributed by atoms with Crippen LogP contribution in [0.5, 0.6) is 5.75 Å². The van der Waals surface area contributed by atoms with Crippen LogP contribution in [0.1, 0.15) is 84.7 Å². The number of halogens is 4. The fourth-order valence-corrected chi connectivity index (χ4v) is 6.12. The highest BCUT2D eigenvalue weighted by Crippen LogP contribution is 2.43. The molecule has 2 fully saturated rings. The fourth-order valence-electron chi connectivity index (χ4n) is 6.12. The first-order chi connectivity index (χ1) is 17.8. The zero-order valence-electron chi connectivity index (χ0n) is 20.5. The van der Waals surface area contributed by atoms with Gasteiger partial charge in [0.2, 0.25) is 5.91 Å². The highest BCUT2D eigenvalue weighted by atomic mass is 19.4. The highest BCUT2D eigenvalue weighted by molar-refractivity contribution is 5.87. The van der Waals surface area contributed by atoms with Gasteiger partial charge in [0.25, 0.3) is 0 Å². The fraction of sp³-hybridized carbons (Fsp3) is 0.483. The zero-order chi connectivity index (χ0) is 25.7. The molecule has 4 nitrogen and oxygen atoms in total. The zero-order valence-corrected chi connectivity index (χ0v) is 20.5. The van der Waals surface area contributed by atoms with Gasteiger partial charge < -0.3 is 15.0 Å². The number of carbonyl (C=O) groups excluding carboxylic acids is 1. The summed E-state index contributed by atoms with van der Waals surface area (Å²) in [6, 6.07) is 9.92. The summed E-state index contributed by atoms with van der Waals surface area (Å²) in [5.74, 6) is 0.506. The molecule has 0 saturated heterocycles. The molecule has 2 saturated carbocycles. The molecule has 6 rings (SSSR count). The monoisotopic (exact) mass is 514 g/mol. The summed E-state index contributed by atoms with van der Waals surface area (Å²) in [6.45, 7) is 0.0473. The minimum absolute atomic E-state index is 0.0195. The van der Waals surface area contributed by atoms with E-state index in [4.69, 9.17) is 4.74 Å². The number of aryl methyl sites for hydroxylation is 1. The van der Waals surface area contributed by atoms with Crippen LogP contribution in [0.4, 0.5) is 17.6 Å². The van der Waals surface area contributed by atoms with Crippen LogP contribution in [-0.2, 0) is 24.0 Å². The van der Waals surface area contributed by atoms with Crippen molar-refractivity contribution in [2.75, 3.05) is 0 Å². The molecule has 2 N–H and O–H groups in total. The first-order valence-electron chi connectivity index (χ1n) is 13.2. The quantitative estimate of drug-likeness (QED) is 0.332. The van der Waals surface area contributed by atoms with Crippen LogP contribution < -0.4 is 10.1 Å². The van der Waals surface area contributed by atoms with Gasteiger partial charge in [-0.05, 0) is 72.6 Å². The minimum atomic E-state index is -4.39. The van der Waals surface area contributed by atoms with E-state index in [9.17, 15) is 22.4 Å². The van der Waals surface area contributed by atoms with Crippen LogP contribution in [0, 0.1) is 0 Å². The average Bonchev–Trinajstić information content (AvgIpc) is 3.27. The number of nitrogens with one attached hydrogen (secondary N) is 2. The van der Waals surface area contributed by atoms with Gasteiger partial charge in [-0.25, -0.2) is 4.39 Å². The summed E-state index contributed by atoms with van der Waals surface area (Å²) in [5, 5.41) is 3.76. The second-order valence-electron chi connectivity index (χ2n) is 10.8. The lowest BCUT2D eigenvalue weighted by Crippen LogP contribution is -2.28. The Labute approximate surface area is 212 Å². The number of rotatable bonds is 7. The Morgan fingerprint density at radius 2 is 1.86 bits per heavy atom. The summed E-state index contributed by atoms with van der Waals surface area (Å²) in [4.78, 5) is 15.7. The molecule has 0 aliphatic heterocycles. The van der Waals surface area contributed by atoms with Gasteiger partial charge in [0.15, 0.2) is 0 Å². The van der Waals surface area contributed by atoms with Crippen molar-refractivity contribution in [1.29, 1.82) is 0 Å². The van der Waals surface area contributed by atoms with Crippen LogP contribution in [-0.4, -0.2) is 23.1 Å². The van der Waals surface area contributed by atoms with Crippen molar-refractivity contribution in [3.8, 4) is 5.75 Å². The van der Waals surface area contributed by atoms with E-state index in [1.165, 1.54) is 6.07 Å². The first-order valence-corrected chi connectivity index (χ1v) is 13.2. The number of hydrogen-bond acceptors (Lipinski definition) is 2. The predicted octanol–water partition coefficient (Wildman–Crippen LogP) is 7.07. The van der Waals surface area contributed by atoms with Crippen molar-refractivity contribution in [1.82, 2.24) is 10.3 Å². The van der Waals surface area contributed by atoms with Crippen LogP contribution >= 0.6 is 0 Å².